The molecule has 0 fully saturated rings. The van der Waals surface area contributed by atoms with Crippen LogP contribution in [0.2, 0.25) is 5.02 Å². The van der Waals surface area contributed by atoms with Gasteiger partial charge in [-0.25, -0.2) is 0 Å². The standard InChI is InChI=1S/C19H18ClNOS/c20-18-11-16(12-21-13-17-7-4-10-23-17)8-9-19(18)22-14-15-5-2-1-3-6-15/h1-11,21H,12-14H2. The van der Waals surface area contributed by atoms with Crippen LogP contribution >= 0.6 is 22.9 Å². The van der Waals surface area contributed by atoms with E-state index in [0.29, 0.717) is 11.6 Å². The molecule has 1 N–H and O–H groups in total. The molecule has 0 saturated carbocycles. The highest BCUT2D eigenvalue weighted by Crippen LogP contribution is 2.26. The van der Waals surface area contributed by atoms with Gasteiger partial charge >= 0.3 is 0 Å². The van der Waals surface area contributed by atoms with Crippen molar-refractivity contribution in [3.63, 3.8) is 0 Å². The molecule has 118 valence electrons. The fourth-order valence-corrected chi connectivity index (χ4v) is 3.18. The Morgan fingerprint density at radius 1 is 0.913 bits per heavy atom. The van der Waals surface area contributed by atoms with Crippen LogP contribution in [0.1, 0.15) is 16.0 Å². The number of rotatable bonds is 7. The van der Waals surface area contributed by atoms with E-state index in [4.69, 9.17) is 16.3 Å². The molecule has 4 heteroatoms. The second-order valence-corrected chi connectivity index (χ2v) is 6.66. The van der Waals surface area contributed by atoms with E-state index in [0.717, 1.165) is 30.0 Å². The van der Waals surface area contributed by atoms with Gasteiger partial charge in [0.05, 0.1) is 5.02 Å². The zero-order valence-electron chi connectivity index (χ0n) is 12.7. The molecule has 0 radical (unpaired) electrons. The van der Waals surface area contributed by atoms with E-state index < -0.39 is 0 Å². The van der Waals surface area contributed by atoms with Crippen LogP contribution in [0.3, 0.4) is 0 Å². The Kier molecular flexibility index (Phi) is 5.70. The van der Waals surface area contributed by atoms with Gasteiger partial charge in [0.2, 0.25) is 0 Å². The van der Waals surface area contributed by atoms with Crippen molar-refractivity contribution in [2.24, 2.45) is 0 Å². The van der Waals surface area contributed by atoms with Crippen molar-refractivity contribution >= 4 is 22.9 Å². The van der Waals surface area contributed by atoms with Crippen molar-refractivity contribution in [1.29, 1.82) is 0 Å². The van der Waals surface area contributed by atoms with Crippen LogP contribution in [-0.4, -0.2) is 0 Å². The van der Waals surface area contributed by atoms with Crippen LogP contribution in [0.15, 0.2) is 66.0 Å². The summed E-state index contributed by atoms with van der Waals surface area (Å²) >= 11 is 8.08. The minimum absolute atomic E-state index is 0.524. The van der Waals surface area contributed by atoms with Crippen molar-refractivity contribution in [1.82, 2.24) is 5.32 Å². The Hall–Kier alpha value is -1.81. The third-order valence-corrected chi connectivity index (χ3v) is 4.61. The van der Waals surface area contributed by atoms with Gasteiger partial charge < -0.3 is 10.1 Å². The van der Waals surface area contributed by atoms with Crippen molar-refractivity contribution < 1.29 is 4.74 Å². The molecule has 0 spiro atoms. The van der Waals surface area contributed by atoms with Gasteiger partial charge in [-0.1, -0.05) is 54.1 Å². The number of benzene rings is 2. The van der Waals surface area contributed by atoms with Crippen LogP contribution in [0.25, 0.3) is 0 Å². The molecule has 0 aliphatic heterocycles. The van der Waals surface area contributed by atoms with Gasteiger partial charge in [-0.3, -0.25) is 0 Å². The molecule has 0 atom stereocenters. The molecule has 2 nitrogen and oxygen atoms in total. The summed E-state index contributed by atoms with van der Waals surface area (Å²) in [4.78, 5) is 1.33. The fourth-order valence-electron chi connectivity index (χ4n) is 2.25. The van der Waals surface area contributed by atoms with E-state index in [-0.39, 0.29) is 0 Å². The average molecular weight is 344 g/mol. The summed E-state index contributed by atoms with van der Waals surface area (Å²) in [5.41, 5.74) is 2.28. The third-order valence-electron chi connectivity index (χ3n) is 3.44. The highest BCUT2D eigenvalue weighted by molar-refractivity contribution is 7.09. The van der Waals surface area contributed by atoms with E-state index in [1.807, 2.05) is 48.5 Å². The first-order valence-corrected chi connectivity index (χ1v) is 8.75. The van der Waals surface area contributed by atoms with E-state index in [2.05, 4.69) is 22.8 Å². The van der Waals surface area contributed by atoms with E-state index in [9.17, 15) is 0 Å². The molecule has 0 saturated heterocycles. The maximum absolute atomic E-state index is 6.32. The molecule has 0 bridgehead atoms. The number of halogens is 1. The number of nitrogens with one attached hydrogen (secondary N) is 1. The Labute approximate surface area is 145 Å². The first-order valence-electron chi connectivity index (χ1n) is 7.49. The largest absolute Gasteiger partial charge is 0.487 e. The molecule has 3 rings (SSSR count). The molecular weight excluding hydrogens is 326 g/mol. The highest BCUT2D eigenvalue weighted by Gasteiger charge is 2.04. The summed E-state index contributed by atoms with van der Waals surface area (Å²) in [6.07, 6.45) is 0. The fraction of sp³-hybridized carbons (Fsp3) is 0.158. The second-order valence-electron chi connectivity index (χ2n) is 5.22. The van der Waals surface area contributed by atoms with Gasteiger partial charge in [-0.2, -0.15) is 0 Å². The van der Waals surface area contributed by atoms with Crippen molar-refractivity contribution in [3.05, 3.63) is 87.1 Å². The Bertz CT molecular complexity index is 728. The summed E-state index contributed by atoms with van der Waals surface area (Å²) in [6, 6.07) is 20.2. The SMILES string of the molecule is Clc1cc(CNCc2cccs2)ccc1OCc1ccccc1. The smallest absolute Gasteiger partial charge is 0.138 e. The van der Waals surface area contributed by atoms with Gasteiger partial charge in [-0.05, 0) is 34.7 Å². The third kappa shape index (κ3) is 4.83. The maximum atomic E-state index is 6.32. The number of hydrogen-bond acceptors (Lipinski definition) is 3. The van der Waals surface area contributed by atoms with E-state index in [1.165, 1.54) is 4.88 Å². The summed E-state index contributed by atoms with van der Waals surface area (Å²) in [5, 5.41) is 6.16. The number of hydrogen-bond donors (Lipinski definition) is 1. The van der Waals surface area contributed by atoms with Gasteiger partial charge in [-0.15, -0.1) is 11.3 Å². The highest BCUT2D eigenvalue weighted by atomic mass is 35.5. The zero-order valence-corrected chi connectivity index (χ0v) is 14.2. The lowest BCUT2D eigenvalue weighted by Gasteiger charge is -2.10. The Morgan fingerprint density at radius 3 is 2.52 bits per heavy atom. The summed E-state index contributed by atoms with van der Waals surface area (Å²) in [5.74, 6) is 0.720. The predicted molar refractivity (Wildman–Crippen MR) is 97.1 cm³/mol. The lowest BCUT2D eigenvalue weighted by Crippen LogP contribution is -2.11. The molecule has 2 aromatic carbocycles. The van der Waals surface area contributed by atoms with Crippen LogP contribution in [-0.2, 0) is 19.7 Å². The molecular formula is C19H18ClNOS. The van der Waals surface area contributed by atoms with Crippen LogP contribution in [0.5, 0.6) is 5.75 Å². The first-order chi connectivity index (χ1) is 11.3. The first kappa shape index (κ1) is 16.1. The zero-order chi connectivity index (χ0) is 15.9. The van der Waals surface area contributed by atoms with Gasteiger partial charge in [0.25, 0.3) is 0 Å². The van der Waals surface area contributed by atoms with E-state index >= 15 is 0 Å². The minimum atomic E-state index is 0.524. The quantitative estimate of drug-likeness (QED) is 0.631. The maximum Gasteiger partial charge on any atom is 0.138 e. The number of ether oxygens (including phenoxy) is 1. The molecule has 0 amide bonds. The Balaban J connectivity index is 1.53. The monoisotopic (exact) mass is 343 g/mol. The summed E-state index contributed by atoms with van der Waals surface area (Å²) in [7, 11) is 0. The molecule has 23 heavy (non-hydrogen) atoms. The Morgan fingerprint density at radius 2 is 1.78 bits per heavy atom. The van der Waals surface area contributed by atoms with Crippen LogP contribution in [0, 0.1) is 0 Å². The lowest BCUT2D eigenvalue weighted by atomic mass is 10.2. The molecule has 3 aromatic rings. The summed E-state index contributed by atoms with van der Waals surface area (Å²) in [6.45, 7) is 2.19. The van der Waals surface area contributed by atoms with Crippen LogP contribution in [0.4, 0.5) is 0 Å². The summed E-state index contributed by atoms with van der Waals surface area (Å²) < 4.78 is 5.79. The molecule has 0 aliphatic carbocycles. The molecule has 1 aromatic heterocycles. The van der Waals surface area contributed by atoms with Crippen LogP contribution < -0.4 is 10.1 Å². The van der Waals surface area contributed by atoms with Crippen molar-refractivity contribution in [2.75, 3.05) is 0 Å². The number of thiophene rings is 1. The molecule has 0 unspecified atom stereocenters. The van der Waals surface area contributed by atoms with Gasteiger partial charge in [0, 0.05) is 18.0 Å². The second kappa shape index (κ2) is 8.16. The predicted octanol–water partition coefficient (Wildman–Crippen LogP) is 5.27. The van der Waals surface area contributed by atoms with E-state index in [1.54, 1.807) is 11.3 Å². The topological polar surface area (TPSA) is 21.3 Å². The normalized spacial score (nSPS) is 10.7. The van der Waals surface area contributed by atoms with Gasteiger partial charge in [0.15, 0.2) is 0 Å². The van der Waals surface area contributed by atoms with Crippen molar-refractivity contribution in [2.45, 2.75) is 19.7 Å². The minimum Gasteiger partial charge on any atom is -0.487 e. The van der Waals surface area contributed by atoms with Crippen molar-refractivity contribution in [3.8, 4) is 5.75 Å². The van der Waals surface area contributed by atoms with Gasteiger partial charge in [0.1, 0.15) is 12.4 Å². The molecule has 0 aliphatic rings. The molecule has 1 heterocycles. The lowest BCUT2D eigenvalue weighted by molar-refractivity contribution is 0.306. The average Bonchev–Trinajstić information content (AvgIpc) is 3.08.